The molecule has 1 fully saturated rings. The third kappa shape index (κ3) is 3.45. The first-order valence-electron chi connectivity index (χ1n) is 7.10. The Bertz CT molecular complexity index is 270. The van der Waals surface area contributed by atoms with E-state index in [0.717, 1.165) is 38.5 Å². The minimum absolute atomic E-state index is 0.189. The van der Waals surface area contributed by atoms with Gasteiger partial charge in [-0.3, -0.25) is 4.79 Å². The molecule has 4 nitrogen and oxygen atoms in total. The molecule has 3 unspecified atom stereocenters. The summed E-state index contributed by atoms with van der Waals surface area (Å²) in [5, 5.41) is 12.5. The number of ether oxygens (including phenoxy) is 1. The molecule has 4 heteroatoms. The minimum Gasteiger partial charge on any atom is -0.480 e. The lowest BCUT2D eigenvalue weighted by molar-refractivity contribution is -0.146. The highest BCUT2D eigenvalue weighted by atomic mass is 16.5. The SMILES string of the molecule is CCCC(C)OCCC1CCCC1(NC)C(=O)O. The normalized spacial score (nSPS) is 29.4. The number of carboxylic acids is 1. The highest BCUT2D eigenvalue weighted by molar-refractivity contribution is 5.79. The van der Waals surface area contributed by atoms with Gasteiger partial charge in [0.05, 0.1) is 6.10 Å². The Labute approximate surface area is 110 Å². The Morgan fingerprint density at radius 3 is 2.89 bits per heavy atom. The predicted octanol–water partition coefficient (Wildman–Crippen LogP) is 2.42. The van der Waals surface area contributed by atoms with Gasteiger partial charge in [0.25, 0.3) is 0 Å². The van der Waals surface area contributed by atoms with Crippen LogP contribution in [0.3, 0.4) is 0 Å². The summed E-state index contributed by atoms with van der Waals surface area (Å²) >= 11 is 0. The average Bonchev–Trinajstić information content (AvgIpc) is 2.73. The molecule has 106 valence electrons. The number of carbonyl (C=O) groups is 1. The maximum Gasteiger partial charge on any atom is 0.324 e. The van der Waals surface area contributed by atoms with Crippen LogP contribution in [0.2, 0.25) is 0 Å². The van der Waals surface area contributed by atoms with Gasteiger partial charge in [-0.1, -0.05) is 19.8 Å². The molecule has 1 rings (SSSR count). The van der Waals surface area contributed by atoms with Gasteiger partial charge in [-0.2, -0.15) is 0 Å². The van der Waals surface area contributed by atoms with E-state index >= 15 is 0 Å². The van der Waals surface area contributed by atoms with Crippen LogP contribution in [0.5, 0.6) is 0 Å². The summed E-state index contributed by atoms with van der Waals surface area (Å²) in [6, 6.07) is 0. The maximum absolute atomic E-state index is 11.5. The monoisotopic (exact) mass is 257 g/mol. The molecule has 1 saturated carbocycles. The number of aliphatic carboxylic acids is 1. The van der Waals surface area contributed by atoms with Gasteiger partial charge in [0.2, 0.25) is 0 Å². The van der Waals surface area contributed by atoms with Gasteiger partial charge in [0.1, 0.15) is 5.54 Å². The van der Waals surface area contributed by atoms with Crippen molar-refractivity contribution in [3.8, 4) is 0 Å². The summed E-state index contributed by atoms with van der Waals surface area (Å²) in [6.07, 6.45) is 6.02. The van der Waals surface area contributed by atoms with Crippen LogP contribution in [0.15, 0.2) is 0 Å². The Morgan fingerprint density at radius 1 is 1.61 bits per heavy atom. The second kappa shape index (κ2) is 7.10. The quantitative estimate of drug-likeness (QED) is 0.701. The van der Waals surface area contributed by atoms with E-state index in [4.69, 9.17) is 4.74 Å². The largest absolute Gasteiger partial charge is 0.480 e. The first-order valence-corrected chi connectivity index (χ1v) is 7.10. The zero-order chi connectivity index (χ0) is 13.6. The first kappa shape index (κ1) is 15.4. The van der Waals surface area contributed by atoms with Crippen molar-refractivity contribution in [3.05, 3.63) is 0 Å². The van der Waals surface area contributed by atoms with Crippen LogP contribution >= 0.6 is 0 Å². The minimum atomic E-state index is -0.725. The fourth-order valence-electron chi connectivity index (χ4n) is 3.09. The molecular weight excluding hydrogens is 230 g/mol. The number of likely N-dealkylation sites (N-methyl/N-ethyl adjacent to an activating group) is 1. The molecule has 1 aliphatic carbocycles. The lowest BCUT2D eigenvalue weighted by Crippen LogP contribution is -2.53. The van der Waals surface area contributed by atoms with E-state index in [0.29, 0.717) is 6.61 Å². The molecule has 0 radical (unpaired) electrons. The lowest BCUT2D eigenvalue weighted by atomic mass is 9.85. The molecule has 0 bridgehead atoms. The van der Waals surface area contributed by atoms with Gasteiger partial charge in [-0.15, -0.1) is 0 Å². The van der Waals surface area contributed by atoms with Gasteiger partial charge in [0.15, 0.2) is 0 Å². The molecule has 2 N–H and O–H groups in total. The third-order valence-electron chi connectivity index (χ3n) is 4.21. The number of nitrogens with one attached hydrogen (secondary N) is 1. The van der Waals surface area contributed by atoms with Gasteiger partial charge in [-0.05, 0) is 45.6 Å². The van der Waals surface area contributed by atoms with E-state index in [1.807, 2.05) is 0 Å². The maximum atomic E-state index is 11.5. The van der Waals surface area contributed by atoms with Crippen molar-refractivity contribution < 1.29 is 14.6 Å². The Balaban J connectivity index is 2.43. The molecular formula is C14H27NO3. The van der Waals surface area contributed by atoms with Gasteiger partial charge in [-0.25, -0.2) is 0 Å². The van der Waals surface area contributed by atoms with Crippen LogP contribution in [-0.4, -0.2) is 36.4 Å². The molecule has 0 amide bonds. The molecule has 18 heavy (non-hydrogen) atoms. The third-order valence-corrected chi connectivity index (χ3v) is 4.21. The zero-order valence-corrected chi connectivity index (χ0v) is 11.9. The zero-order valence-electron chi connectivity index (χ0n) is 11.9. The number of hydrogen-bond acceptors (Lipinski definition) is 3. The molecule has 0 aromatic carbocycles. The van der Waals surface area contributed by atoms with Gasteiger partial charge < -0.3 is 15.2 Å². The Hall–Kier alpha value is -0.610. The fourth-order valence-corrected chi connectivity index (χ4v) is 3.09. The molecule has 0 aliphatic heterocycles. The van der Waals surface area contributed by atoms with E-state index in [-0.39, 0.29) is 12.0 Å². The highest BCUT2D eigenvalue weighted by Crippen LogP contribution is 2.38. The smallest absolute Gasteiger partial charge is 0.324 e. The van der Waals surface area contributed by atoms with Crippen molar-refractivity contribution >= 4 is 5.97 Å². The van der Waals surface area contributed by atoms with Gasteiger partial charge >= 0.3 is 5.97 Å². The molecule has 0 heterocycles. The standard InChI is InChI=1S/C14H27NO3/c1-4-6-11(2)18-10-8-12-7-5-9-14(12,15-3)13(16)17/h11-12,15H,4-10H2,1-3H3,(H,16,17). The van der Waals surface area contributed by atoms with Crippen LogP contribution in [0, 0.1) is 5.92 Å². The van der Waals surface area contributed by atoms with E-state index in [1.54, 1.807) is 7.05 Å². The van der Waals surface area contributed by atoms with Crippen LogP contribution in [0.1, 0.15) is 52.4 Å². The van der Waals surface area contributed by atoms with Crippen LogP contribution < -0.4 is 5.32 Å². The van der Waals surface area contributed by atoms with Crippen molar-refractivity contribution in [3.63, 3.8) is 0 Å². The Kier molecular flexibility index (Phi) is 6.09. The van der Waals surface area contributed by atoms with Crippen LogP contribution in [-0.2, 0) is 9.53 Å². The second-order valence-electron chi connectivity index (χ2n) is 5.37. The summed E-state index contributed by atoms with van der Waals surface area (Å²) in [6.45, 7) is 4.90. The molecule has 1 aliphatic rings. The highest BCUT2D eigenvalue weighted by Gasteiger charge is 2.47. The summed E-state index contributed by atoms with van der Waals surface area (Å²) in [4.78, 5) is 11.5. The molecule has 0 aromatic rings. The van der Waals surface area contributed by atoms with E-state index < -0.39 is 11.5 Å². The molecule has 0 aromatic heterocycles. The number of carboxylic acid groups (broad SMARTS) is 1. The van der Waals surface area contributed by atoms with Crippen LogP contribution in [0.4, 0.5) is 0 Å². The lowest BCUT2D eigenvalue weighted by Gasteiger charge is -2.31. The van der Waals surface area contributed by atoms with Crippen molar-refractivity contribution in [2.24, 2.45) is 5.92 Å². The predicted molar refractivity (Wildman–Crippen MR) is 71.7 cm³/mol. The van der Waals surface area contributed by atoms with Crippen molar-refractivity contribution in [1.82, 2.24) is 5.32 Å². The van der Waals surface area contributed by atoms with Crippen molar-refractivity contribution in [1.29, 1.82) is 0 Å². The summed E-state index contributed by atoms with van der Waals surface area (Å²) < 4.78 is 5.74. The Morgan fingerprint density at radius 2 is 2.33 bits per heavy atom. The summed E-state index contributed by atoms with van der Waals surface area (Å²) in [5.41, 5.74) is -0.725. The molecule has 3 atom stereocenters. The summed E-state index contributed by atoms with van der Waals surface area (Å²) in [7, 11) is 1.76. The van der Waals surface area contributed by atoms with E-state index in [1.165, 1.54) is 0 Å². The topological polar surface area (TPSA) is 58.6 Å². The van der Waals surface area contributed by atoms with Crippen molar-refractivity contribution in [2.45, 2.75) is 64.0 Å². The summed E-state index contributed by atoms with van der Waals surface area (Å²) in [5.74, 6) is -0.525. The number of hydrogen-bond donors (Lipinski definition) is 2. The molecule has 0 saturated heterocycles. The average molecular weight is 257 g/mol. The first-order chi connectivity index (χ1) is 8.56. The fraction of sp³-hybridized carbons (Fsp3) is 0.929. The number of rotatable bonds is 8. The molecule has 0 spiro atoms. The van der Waals surface area contributed by atoms with E-state index in [9.17, 15) is 9.90 Å². The second-order valence-corrected chi connectivity index (χ2v) is 5.37. The van der Waals surface area contributed by atoms with Gasteiger partial charge in [0, 0.05) is 6.61 Å². The van der Waals surface area contributed by atoms with E-state index in [2.05, 4.69) is 19.2 Å². The van der Waals surface area contributed by atoms with Crippen molar-refractivity contribution in [2.75, 3.05) is 13.7 Å². The van der Waals surface area contributed by atoms with Crippen LogP contribution in [0.25, 0.3) is 0 Å².